The Morgan fingerprint density at radius 1 is 1.08 bits per heavy atom. The molecule has 3 aliphatic heterocycles. The lowest BCUT2D eigenvalue weighted by molar-refractivity contribution is -0.120. The Bertz CT molecular complexity index is 660. The van der Waals surface area contributed by atoms with Gasteiger partial charge in [-0.2, -0.15) is 5.10 Å². The van der Waals surface area contributed by atoms with E-state index in [2.05, 4.69) is 20.2 Å². The average Bonchev–Trinajstić information content (AvgIpc) is 3.34. The number of carbonyl (C=O) groups is 2. The van der Waals surface area contributed by atoms with Crippen LogP contribution in [0.2, 0.25) is 0 Å². The van der Waals surface area contributed by atoms with Crippen molar-refractivity contribution >= 4 is 17.5 Å². The van der Waals surface area contributed by atoms with Crippen LogP contribution in [0.3, 0.4) is 0 Å². The van der Waals surface area contributed by atoms with Gasteiger partial charge in [0.15, 0.2) is 0 Å². The highest BCUT2D eigenvalue weighted by molar-refractivity contribution is 5.95. The molecule has 1 atom stereocenters. The van der Waals surface area contributed by atoms with E-state index in [0.29, 0.717) is 18.9 Å². The number of nitrogens with zero attached hydrogens (tertiary/aromatic N) is 5. The van der Waals surface area contributed by atoms with Crippen LogP contribution >= 0.6 is 0 Å². The van der Waals surface area contributed by atoms with E-state index in [9.17, 15) is 9.59 Å². The Hall–Kier alpha value is -1.93. The maximum absolute atomic E-state index is 11.9. The fraction of sp³-hybridized carbons (Fsp3) is 0.722. The summed E-state index contributed by atoms with van der Waals surface area (Å²) in [7, 11) is 0. The Kier molecular flexibility index (Phi) is 5.21. The molecular formula is C18H28N6O2. The summed E-state index contributed by atoms with van der Waals surface area (Å²) in [5.41, 5.74) is 0.938. The van der Waals surface area contributed by atoms with Crippen LogP contribution in [-0.4, -0.2) is 83.8 Å². The van der Waals surface area contributed by atoms with Gasteiger partial charge in [0, 0.05) is 71.4 Å². The van der Waals surface area contributed by atoms with Crippen molar-refractivity contribution in [1.29, 1.82) is 0 Å². The van der Waals surface area contributed by atoms with Crippen LogP contribution in [-0.2, 0) is 9.59 Å². The summed E-state index contributed by atoms with van der Waals surface area (Å²) < 4.78 is 2.04. The monoisotopic (exact) mass is 360 g/mol. The van der Waals surface area contributed by atoms with Gasteiger partial charge < -0.3 is 10.2 Å². The summed E-state index contributed by atoms with van der Waals surface area (Å²) in [5, 5.41) is 7.45. The molecule has 4 rings (SSSR count). The third kappa shape index (κ3) is 3.91. The second-order valence-electron chi connectivity index (χ2n) is 7.51. The molecule has 3 saturated heterocycles. The molecule has 2 amide bonds. The molecule has 0 bridgehead atoms. The van der Waals surface area contributed by atoms with E-state index < -0.39 is 0 Å². The first-order valence-corrected chi connectivity index (χ1v) is 9.75. The van der Waals surface area contributed by atoms with E-state index in [1.54, 1.807) is 0 Å². The lowest BCUT2D eigenvalue weighted by Crippen LogP contribution is -2.36. The summed E-state index contributed by atoms with van der Waals surface area (Å²) in [5.74, 6) is 0.378. The SMILES string of the molecule is O=C1CCN(CCN2CCC(n3cc(N4CCCC4=O)cn3)C2)CCN1. The van der Waals surface area contributed by atoms with E-state index in [0.717, 1.165) is 70.9 Å². The first kappa shape index (κ1) is 17.5. The Morgan fingerprint density at radius 2 is 1.96 bits per heavy atom. The first-order valence-electron chi connectivity index (χ1n) is 9.75. The van der Waals surface area contributed by atoms with Crippen LogP contribution < -0.4 is 10.2 Å². The van der Waals surface area contributed by atoms with E-state index >= 15 is 0 Å². The average molecular weight is 360 g/mol. The number of carbonyl (C=O) groups excluding carboxylic acids is 2. The van der Waals surface area contributed by atoms with Gasteiger partial charge in [-0.05, 0) is 12.8 Å². The van der Waals surface area contributed by atoms with Crippen LogP contribution in [0.5, 0.6) is 0 Å². The van der Waals surface area contributed by atoms with Gasteiger partial charge >= 0.3 is 0 Å². The van der Waals surface area contributed by atoms with Crippen molar-refractivity contribution < 1.29 is 9.59 Å². The lowest BCUT2D eigenvalue weighted by atomic mass is 10.3. The number of nitrogens with one attached hydrogen (secondary N) is 1. The molecule has 8 heteroatoms. The first-order chi connectivity index (χ1) is 12.7. The second kappa shape index (κ2) is 7.75. The molecule has 1 unspecified atom stereocenters. The largest absolute Gasteiger partial charge is 0.355 e. The molecule has 0 aliphatic carbocycles. The van der Waals surface area contributed by atoms with Crippen molar-refractivity contribution in [2.45, 2.75) is 31.7 Å². The molecular weight excluding hydrogens is 332 g/mol. The topological polar surface area (TPSA) is 73.7 Å². The highest BCUT2D eigenvalue weighted by atomic mass is 16.2. The molecule has 8 nitrogen and oxygen atoms in total. The van der Waals surface area contributed by atoms with E-state index in [1.165, 1.54) is 0 Å². The summed E-state index contributed by atoms with van der Waals surface area (Å²) in [6, 6.07) is 0.383. The number of rotatable bonds is 5. The fourth-order valence-corrected chi connectivity index (χ4v) is 4.14. The zero-order chi connectivity index (χ0) is 17.9. The zero-order valence-electron chi connectivity index (χ0n) is 15.3. The van der Waals surface area contributed by atoms with Gasteiger partial charge in [0.25, 0.3) is 0 Å². The molecule has 1 aromatic heterocycles. The number of anilines is 1. The fourth-order valence-electron chi connectivity index (χ4n) is 4.14. The standard InChI is InChI=1S/C18H28N6O2/c25-17-4-8-21(9-5-19-17)10-11-22-7-3-15(13-22)24-14-16(12-20-24)23-6-1-2-18(23)26/h12,14-15H,1-11,13H2,(H,19,25). The molecule has 26 heavy (non-hydrogen) atoms. The Balaban J connectivity index is 1.26. The van der Waals surface area contributed by atoms with Gasteiger partial charge in [0.05, 0.1) is 17.9 Å². The minimum absolute atomic E-state index is 0.166. The number of aromatic nitrogens is 2. The minimum atomic E-state index is 0.166. The highest BCUT2D eigenvalue weighted by Gasteiger charge is 2.27. The van der Waals surface area contributed by atoms with Crippen LogP contribution in [0.1, 0.15) is 31.7 Å². The van der Waals surface area contributed by atoms with Crippen LogP contribution in [0.25, 0.3) is 0 Å². The summed E-state index contributed by atoms with van der Waals surface area (Å²) in [6.45, 7) is 7.48. The van der Waals surface area contributed by atoms with Gasteiger partial charge in [-0.15, -0.1) is 0 Å². The molecule has 1 aromatic rings. The Labute approximate surface area is 154 Å². The lowest BCUT2D eigenvalue weighted by Gasteiger charge is -2.23. The molecule has 4 heterocycles. The van der Waals surface area contributed by atoms with Crippen molar-refractivity contribution in [1.82, 2.24) is 24.9 Å². The zero-order valence-corrected chi connectivity index (χ0v) is 15.3. The predicted octanol–water partition coefficient (Wildman–Crippen LogP) is 0.0786. The molecule has 3 fully saturated rings. The number of hydrogen-bond acceptors (Lipinski definition) is 5. The quantitative estimate of drug-likeness (QED) is 0.805. The number of hydrogen-bond donors (Lipinski definition) is 1. The van der Waals surface area contributed by atoms with Gasteiger partial charge in [-0.3, -0.25) is 24.1 Å². The maximum Gasteiger partial charge on any atom is 0.227 e. The summed E-state index contributed by atoms with van der Waals surface area (Å²) >= 11 is 0. The second-order valence-corrected chi connectivity index (χ2v) is 7.51. The summed E-state index contributed by atoms with van der Waals surface area (Å²) in [4.78, 5) is 30.0. The molecule has 1 N–H and O–H groups in total. The van der Waals surface area contributed by atoms with Crippen molar-refractivity contribution in [2.24, 2.45) is 0 Å². The number of amides is 2. The van der Waals surface area contributed by atoms with E-state index in [4.69, 9.17) is 0 Å². The smallest absolute Gasteiger partial charge is 0.227 e. The van der Waals surface area contributed by atoms with Gasteiger partial charge in [-0.1, -0.05) is 0 Å². The molecule has 142 valence electrons. The maximum atomic E-state index is 11.9. The van der Waals surface area contributed by atoms with Crippen LogP contribution in [0, 0.1) is 0 Å². The molecule has 0 aromatic carbocycles. The molecule has 0 saturated carbocycles. The van der Waals surface area contributed by atoms with Gasteiger partial charge in [0.1, 0.15) is 0 Å². The third-order valence-corrected chi connectivity index (χ3v) is 5.73. The normalized spacial score (nSPS) is 25.7. The highest BCUT2D eigenvalue weighted by Crippen LogP contribution is 2.25. The van der Waals surface area contributed by atoms with E-state index in [1.807, 2.05) is 22.0 Å². The molecule has 0 spiro atoms. The number of likely N-dealkylation sites (tertiary alicyclic amines) is 1. The van der Waals surface area contributed by atoms with Crippen molar-refractivity contribution in [3.05, 3.63) is 12.4 Å². The third-order valence-electron chi connectivity index (χ3n) is 5.73. The van der Waals surface area contributed by atoms with Crippen molar-refractivity contribution in [2.75, 3.05) is 57.3 Å². The van der Waals surface area contributed by atoms with Crippen molar-refractivity contribution in [3.63, 3.8) is 0 Å². The van der Waals surface area contributed by atoms with Gasteiger partial charge in [-0.25, -0.2) is 0 Å². The van der Waals surface area contributed by atoms with Gasteiger partial charge in [0.2, 0.25) is 11.8 Å². The van der Waals surface area contributed by atoms with E-state index in [-0.39, 0.29) is 11.8 Å². The Morgan fingerprint density at radius 3 is 2.81 bits per heavy atom. The minimum Gasteiger partial charge on any atom is -0.355 e. The molecule has 3 aliphatic rings. The van der Waals surface area contributed by atoms with Crippen LogP contribution in [0.4, 0.5) is 5.69 Å². The van der Waals surface area contributed by atoms with Crippen molar-refractivity contribution in [3.8, 4) is 0 Å². The molecule has 0 radical (unpaired) electrons. The van der Waals surface area contributed by atoms with Crippen LogP contribution in [0.15, 0.2) is 12.4 Å². The predicted molar refractivity (Wildman–Crippen MR) is 98.0 cm³/mol. The summed E-state index contributed by atoms with van der Waals surface area (Å²) in [6.07, 6.45) is 7.15.